The van der Waals surface area contributed by atoms with E-state index in [9.17, 15) is 13.2 Å². The van der Waals surface area contributed by atoms with Gasteiger partial charge in [0.05, 0.1) is 0 Å². The number of hydrogen-bond acceptors (Lipinski definition) is 2. The normalized spacial score (nSPS) is 21.9. The van der Waals surface area contributed by atoms with Crippen molar-refractivity contribution in [3.8, 4) is 0 Å². The lowest BCUT2D eigenvalue weighted by atomic mass is 10.1. The molecular formula is C9H15F3N2. The van der Waals surface area contributed by atoms with Gasteiger partial charge in [0.2, 0.25) is 0 Å². The van der Waals surface area contributed by atoms with Crippen LogP contribution in [-0.4, -0.2) is 43.3 Å². The van der Waals surface area contributed by atoms with E-state index in [1.165, 1.54) is 11.0 Å². The molecule has 1 fully saturated rings. The third-order valence-electron chi connectivity index (χ3n) is 2.36. The second-order valence-electron chi connectivity index (χ2n) is 3.37. The molecule has 0 aromatic rings. The van der Waals surface area contributed by atoms with Gasteiger partial charge in [-0.15, -0.1) is 6.58 Å². The SMILES string of the molecule is C=CC[C@@H](N1CCNCC1)C(F)(F)F. The number of piperazine rings is 1. The Bertz CT molecular complexity index is 185. The van der Waals surface area contributed by atoms with Crippen molar-refractivity contribution < 1.29 is 13.2 Å². The van der Waals surface area contributed by atoms with Crippen LogP contribution in [0.3, 0.4) is 0 Å². The van der Waals surface area contributed by atoms with E-state index in [1.807, 2.05) is 0 Å². The van der Waals surface area contributed by atoms with Gasteiger partial charge in [-0.2, -0.15) is 13.2 Å². The Hall–Kier alpha value is -0.550. The molecule has 1 N–H and O–H groups in total. The van der Waals surface area contributed by atoms with Crippen LogP contribution in [-0.2, 0) is 0 Å². The lowest BCUT2D eigenvalue weighted by Crippen LogP contribution is -2.53. The first kappa shape index (κ1) is 11.5. The topological polar surface area (TPSA) is 15.3 Å². The summed E-state index contributed by atoms with van der Waals surface area (Å²) in [6, 6.07) is -1.36. The average Bonchev–Trinajstić information content (AvgIpc) is 2.14. The van der Waals surface area contributed by atoms with E-state index < -0.39 is 12.2 Å². The highest BCUT2D eigenvalue weighted by Gasteiger charge is 2.42. The monoisotopic (exact) mass is 208 g/mol. The highest BCUT2D eigenvalue weighted by atomic mass is 19.4. The molecule has 0 spiro atoms. The fraction of sp³-hybridized carbons (Fsp3) is 0.778. The van der Waals surface area contributed by atoms with E-state index in [0.29, 0.717) is 26.2 Å². The van der Waals surface area contributed by atoms with Crippen LogP contribution in [0.15, 0.2) is 12.7 Å². The molecular weight excluding hydrogens is 193 g/mol. The van der Waals surface area contributed by atoms with Gasteiger partial charge >= 0.3 is 6.18 Å². The molecule has 2 nitrogen and oxygen atoms in total. The molecule has 14 heavy (non-hydrogen) atoms. The molecule has 0 aromatic heterocycles. The molecule has 0 bridgehead atoms. The number of hydrogen-bond donors (Lipinski definition) is 1. The van der Waals surface area contributed by atoms with Gasteiger partial charge in [-0.25, -0.2) is 0 Å². The standard InChI is InChI=1S/C9H15F3N2/c1-2-3-8(9(10,11)12)14-6-4-13-5-7-14/h2,8,13H,1,3-7H2/t8-/m1/s1. The van der Waals surface area contributed by atoms with E-state index >= 15 is 0 Å². The number of halogens is 3. The van der Waals surface area contributed by atoms with Crippen LogP contribution in [0.1, 0.15) is 6.42 Å². The molecule has 1 saturated heterocycles. The molecule has 0 saturated carbocycles. The Morgan fingerprint density at radius 2 is 1.93 bits per heavy atom. The number of rotatable bonds is 3. The second kappa shape index (κ2) is 4.79. The Morgan fingerprint density at radius 1 is 1.36 bits per heavy atom. The van der Waals surface area contributed by atoms with Crippen LogP contribution in [0.2, 0.25) is 0 Å². The fourth-order valence-electron chi connectivity index (χ4n) is 1.64. The summed E-state index contributed by atoms with van der Waals surface area (Å²) in [6.07, 6.45) is -2.84. The van der Waals surface area contributed by atoms with E-state index in [2.05, 4.69) is 11.9 Å². The van der Waals surface area contributed by atoms with Crippen molar-refractivity contribution in [3.05, 3.63) is 12.7 Å². The van der Waals surface area contributed by atoms with Crippen molar-refractivity contribution in [2.45, 2.75) is 18.6 Å². The lowest BCUT2D eigenvalue weighted by Gasteiger charge is -2.35. The van der Waals surface area contributed by atoms with Crippen LogP contribution < -0.4 is 5.32 Å². The quantitative estimate of drug-likeness (QED) is 0.705. The molecule has 1 aliphatic heterocycles. The van der Waals surface area contributed by atoms with Gasteiger partial charge in [0.15, 0.2) is 0 Å². The Labute approximate surface area is 81.8 Å². The van der Waals surface area contributed by atoms with Gasteiger partial charge in [0, 0.05) is 26.2 Å². The first-order valence-electron chi connectivity index (χ1n) is 4.68. The van der Waals surface area contributed by atoms with Gasteiger partial charge in [-0.3, -0.25) is 4.90 Å². The lowest BCUT2D eigenvalue weighted by molar-refractivity contribution is -0.184. The summed E-state index contributed by atoms with van der Waals surface area (Å²) < 4.78 is 37.7. The highest BCUT2D eigenvalue weighted by Crippen LogP contribution is 2.27. The van der Waals surface area contributed by atoms with Crippen LogP contribution in [0, 0.1) is 0 Å². The van der Waals surface area contributed by atoms with Crippen LogP contribution >= 0.6 is 0 Å². The number of alkyl halides is 3. The van der Waals surface area contributed by atoms with Gasteiger partial charge in [-0.05, 0) is 6.42 Å². The molecule has 1 atom stereocenters. The largest absolute Gasteiger partial charge is 0.404 e. The molecule has 1 rings (SSSR count). The van der Waals surface area contributed by atoms with E-state index in [4.69, 9.17) is 0 Å². The summed E-state index contributed by atoms with van der Waals surface area (Å²) in [5, 5.41) is 3.03. The van der Waals surface area contributed by atoms with Crippen molar-refractivity contribution in [1.29, 1.82) is 0 Å². The summed E-state index contributed by atoms with van der Waals surface area (Å²) in [4.78, 5) is 1.47. The van der Waals surface area contributed by atoms with Crippen LogP contribution in [0.25, 0.3) is 0 Å². The van der Waals surface area contributed by atoms with E-state index in [-0.39, 0.29) is 6.42 Å². The molecule has 1 heterocycles. The molecule has 0 aliphatic carbocycles. The third kappa shape index (κ3) is 2.99. The summed E-state index contributed by atoms with van der Waals surface area (Å²) in [6.45, 7) is 5.54. The third-order valence-corrected chi connectivity index (χ3v) is 2.36. The minimum atomic E-state index is -4.15. The van der Waals surface area contributed by atoms with Gasteiger partial charge < -0.3 is 5.32 Å². The maximum atomic E-state index is 12.6. The first-order chi connectivity index (χ1) is 6.55. The van der Waals surface area contributed by atoms with Crippen LogP contribution in [0.4, 0.5) is 13.2 Å². The van der Waals surface area contributed by atoms with Crippen molar-refractivity contribution in [2.24, 2.45) is 0 Å². The maximum Gasteiger partial charge on any atom is 0.404 e. The minimum absolute atomic E-state index is 0.0243. The Kier molecular flexibility index (Phi) is 3.95. The zero-order chi connectivity index (χ0) is 10.6. The first-order valence-corrected chi connectivity index (χ1v) is 4.68. The number of nitrogens with one attached hydrogen (secondary N) is 1. The van der Waals surface area contributed by atoms with E-state index in [1.54, 1.807) is 0 Å². The predicted molar refractivity (Wildman–Crippen MR) is 49.1 cm³/mol. The smallest absolute Gasteiger partial charge is 0.314 e. The average molecular weight is 208 g/mol. The minimum Gasteiger partial charge on any atom is -0.314 e. The van der Waals surface area contributed by atoms with Crippen LogP contribution in [0.5, 0.6) is 0 Å². The zero-order valence-electron chi connectivity index (χ0n) is 7.98. The molecule has 82 valence electrons. The highest BCUT2D eigenvalue weighted by molar-refractivity contribution is 4.87. The van der Waals surface area contributed by atoms with Crippen molar-refractivity contribution in [2.75, 3.05) is 26.2 Å². The predicted octanol–water partition coefficient (Wildman–Crippen LogP) is 1.40. The second-order valence-corrected chi connectivity index (χ2v) is 3.37. The Balaban J connectivity index is 2.60. The van der Waals surface area contributed by atoms with Gasteiger partial charge in [0.25, 0.3) is 0 Å². The van der Waals surface area contributed by atoms with Crippen molar-refractivity contribution in [3.63, 3.8) is 0 Å². The number of nitrogens with zero attached hydrogens (tertiary/aromatic N) is 1. The Morgan fingerprint density at radius 3 is 2.36 bits per heavy atom. The van der Waals surface area contributed by atoms with Crippen molar-refractivity contribution >= 4 is 0 Å². The summed E-state index contributed by atoms with van der Waals surface area (Å²) >= 11 is 0. The zero-order valence-corrected chi connectivity index (χ0v) is 7.98. The van der Waals surface area contributed by atoms with Gasteiger partial charge in [-0.1, -0.05) is 6.08 Å². The summed E-state index contributed by atoms with van der Waals surface area (Å²) in [5.41, 5.74) is 0. The molecule has 0 unspecified atom stereocenters. The molecule has 5 heteroatoms. The molecule has 0 radical (unpaired) electrons. The summed E-state index contributed by atoms with van der Waals surface area (Å²) in [7, 11) is 0. The molecule has 0 amide bonds. The van der Waals surface area contributed by atoms with E-state index in [0.717, 1.165) is 0 Å². The summed E-state index contributed by atoms with van der Waals surface area (Å²) in [5.74, 6) is 0. The fourth-order valence-corrected chi connectivity index (χ4v) is 1.64. The molecule has 1 aliphatic rings. The van der Waals surface area contributed by atoms with Crippen molar-refractivity contribution in [1.82, 2.24) is 10.2 Å². The maximum absolute atomic E-state index is 12.6. The van der Waals surface area contributed by atoms with Gasteiger partial charge in [0.1, 0.15) is 6.04 Å². The molecule has 0 aromatic carbocycles.